The molecule has 2 aromatic rings. The fourth-order valence-electron chi connectivity index (χ4n) is 2.58. The van der Waals surface area contributed by atoms with Crippen LogP contribution in [0.15, 0.2) is 54.6 Å². The molecule has 2 aromatic carbocycles. The van der Waals surface area contributed by atoms with E-state index in [1.54, 1.807) is 24.3 Å². The maximum Gasteiger partial charge on any atom is 0.305 e. The number of methoxy groups -OCH3 is 1. The zero-order valence-electron chi connectivity index (χ0n) is 16.2. The van der Waals surface area contributed by atoms with Gasteiger partial charge in [-0.05, 0) is 31.0 Å². The van der Waals surface area contributed by atoms with Gasteiger partial charge < -0.3 is 15.4 Å². The topological polar surface area (TPSA) is 84.5 Å². The summed E-state index contributed by atoms with van der Waals surface area (Å²) in [5.74, 6) is -0.419. The number of carbonyl (C=O) groups excluding carboxylic acids is 3. The molecule has 1 unspecified atom stereocenters. The van der Waals surface area contributed by atoms with E-state index in [4.69, 9.17) is 0 Å². The highest BCUT2D eigenvalue weighted by molar-refractivity contribution is 5.97. The molecule has 0 heterocycles. The molecular formula is C22H26N2O4. The first-order chi connectivity index (χ1) is 13.5. The standard InChI is InChI=1S/C22H26N2O4/c1-16(23-15-20(25)18-6-4-3-5-7-18)14-24-22(27)19-11-8-17(9-12-19)10-13-21(26)28-2/h3-9,11-12,16,23H,10,13-15H2,1-2H3,(H,24,27). The molecule has 6 heteroatoms. The van der Waals surface area contributed by atoms with E-state index in [1.807, 2.05) is 37.3 Å². The largest absolute Gasteiger partial charge is 0.469 e. The molecule has 0 radical (unpaired) electrons. The highest BCUT2D eigenvalue weighted by Crippen LogP contribution is 2.07. The van der Waals surface area contributed by atoms with Gasteiger partial charge in [-0.25, -0.2) is 0 Å². The van der Waals surface area contributed by atoms with Gasteiger partial charge in [0.05, 0.1) is 13.7 Å². The third kappa shape index (κ3) is 6.96. The van der Waals surface area contributed by atoms with Crippen LogP contribution < -0.4 is 10.6 Å². The van der Waals surface area contributed by atoms with Crippen LogP contribution in [0.1, 0.15) is 39.6 Å². The van der Waals surface area contributed by atoms with Gasteiger partial charge in [0.25, 0.3) is 5.91 Å². The minimum Gasteiger partial charge on any atom is -0.469 e. The minimum absolute atomic E-state index is 0.0151. The lowest BCUT2D eigenvalue weighted by atomic mass is 10.1. The van der Waals surface area contributed by atoms with Crippen molar-refractivity contribution < 1.29 is 19.1 Å². The number of rotatable bonds is 10. The summed E-state index contributed by atoms with van der Waals surface area (Å²) in [5, 5.41) is 5.98. The maximum absolute atomic E-state index is 12.3. The Morgan fingerprint density at radius 1 is 0.964 bits per heavy atom. The van der Waals surface area contributed by atoms with E-state index in [0.717, 1.165) is 5.56 Å². The van der Waals surface area contributed by atoms with E-state index < -0.39 is 0 Å². The second-order valence-corrected chi connectivity index (χ2v) is 6.55. The number of benzene rings is 2. The van der Waals surface area contributed by atoms with E-state index in [1.165, 1.54) is 7.11 Å². The number of esters is 1. The summed E-state index contributed by atoms with van der Waals surface area (Å²) >= 11 is 0. The Morgan fingerprint density at radius 3 is 2.29 bits per heavy atom. The third-order valence-corrected chi connectivity index (χ3v) is 4.34. The summed E-state index contributed by atoms with van der Waals surface area (Å²) in [7, 11) is 1.36. The van der Waals surface area contributed by atoms with E-state index in [2.05, 4.69) is 15.4 Å². The average Bonchev–Trinajstić information content (AvgIpc) is 2.74. The van der Waals surface area contributed by atoms with Crippen LogP contribution in [0.4, 0.5) is 0 Å². The highest BCUT2D eigenvalue weighted by atomic mass is 16.5. The smallest absolute Gasteiger partial charge is 0.305 e. The Balaban J connectivity index is 1.73. The monoisotopic (exact) mass is 382 g/mol. The van der Waals surface area contributed by atoms with Gasteiger partial charge in [0.15, 0.2) is 5.78 Å². The fraction of sp³-hybridized carbons (Fsp3) is 0.318. The van der Waals surface area contributed by atoms with Crippen LogP contribution in [0.3, 0.4) is 0 Å². The zero-order valence-corrected chi connectivity index (χ0v) is 16.2. The molecule has 2 N–H and O–H groups in total. The second kappa shape index (κ2) is 11.0. The molecule has 0 aromatic heterocycles. The van der Waals surface area contributed by atoms with Crippen LogP contribution >= 0.6 is 0 Å². The Hall–Kier alpha value is -2.99. The van der Waals surface area contributed by atoms with Crippen LogP contribution in [0.2, 0.25) is 0 Å². The highest BCUT2D eigenvalue weighted by Gasteiger charge is 2.10. The first-order valence-corrected chi connectivity index (χ1v) is 9.25. The van der Waals surface area contributed by atoms with Gasteiger partial charge in [-0.1, -0.05) is 42.5 Å². The molecule has 0 aliphatic carbocycles. The predicted molar refractivity (Wildman–Crippen MR) is 107 cm³/mol. The first-order valence-electron chi connectivity index (χ1n) is 9.25. The number of hydrogen-bond donors (Lipinski definition) is 2. The number of aryl methyl sites for hydroxylation is 1. The number of carbonyl (C=O) groups is 3. The Morgan fingerprint density at radius 2 is 1.64 bits per heavy atom. The summed E-state index contributed by atoms with van der Waals surface area (Å²) in [4.78, 5) is 35.5. The summed E-state index contributed by atoms with van der Waals surface area (Å²) < 4.78 is 4.62. The molecule has 0 saturated carbocycles. The van der Waals surface area contributed by atoms with Gasteiger partial charge >= 0.3 is 5.97 Å². The zero-order chi connectivity index (χ0) is 20.4. The molecule has 0 saturated heterocycles. The summed E-state index contributed by atoms with van der Waals surface area (Å²) in [6.07, 6.45) is 0.887. The molecule has 0 spiro atoms. The van der Waals surface area contributed by atoms with Crippen LogP contribution in [-0.2, 0) is 16.0 Å². The number of ketones is 1. The lowest BCUT2D eigenvalue weighted by Crippen LogP contribution is -2.41. The van der Waals surface area contributed by atoms with Gasteiger partial charge in [-0.2, -0.15) is 0 Å². The van der Waals surface area contributed by atoms with Gasteiger partial charge in [0, 0.05) is 30.1 Å². The van der Waals surface area contributed by atoms with Crippen LogP contribution in [0.5, 0.6) is 0 Å². The molecule has 1 amide bonds. The van der Waals surface area contributed by atoms with Crippen molar-refractivity contribution in [2.75, 3.05) is 20.2 Å². The second-order valence-electron chi connectivity index (χ2n) is 6.55. The quantitative estimate of drug-likeness (QED) is 0.487. The SMILES string of the molecule is COC(=O)CCc1ccc(C(=O)NCC(C)NCC(=O)c2ccccc2)cc1. The third-order valence-electron chi connectivity index (χ3n) is 4.34. The fourth-order valence-corrected chi connectivity index (χ4v) is 2.58. The Labute approximate surface area is 165 Å². The average molecular weight is 382 g/mol. The van der Waals surface area contributed by atoms with Crippen molar-refractivity contribution in [2.45, 2.75) is 25.8 Å². The van der Waals surface area contributed by atoms with Crippen molar-refractivity contribution in [3.63, 3.8) is 0 Å². The van der Waals surface area contributed by atoms with Gasteiger partial charge in [-0.3, -0.25) is 14.4 Å². The molecule has 1 atom stereocenters. The van der Waals surface area contributed by atoms with E-state index in [0.29, 0.717) is 30.5 Å². The van der Waals surface area contributed by atoms with Crippen molar-refractivity contribution in [1.82, 2.24) is 10.6 Å². The molecule has 0 aliphatic heterocycles. The van der Waals surface area contributed by atoms with Crippen LogP contribution in [0.25, 0.3) is 0 Å². The molecule has 28 heavy (non-hydrogen) atoms. The lowest BCUT2D eigenvalue weighted by molar-refractivity contribution is -0.140. The number of Topliss-reactive ketones (excluding diaryl/α,β-unsaturated/α-hetero) is 1. The summed E-state index contributed by atoms with van der Waals surface area (Å²) in [6.45, 7) is 2.54. The van der Waals surface area contributed by atoms with Gasteiger partial charge in [-0.15, -0.1) is 0 Å². The van der Waals surface area contributed by atoms with Crippen LogP contribution in [-0.4, -0.2) is 43.9 Å². The molecule has 6 nitrogen and oxygen atoms in total. The molecule has 148 valence electrons. The molecular weight excluding hydrogens is 356 g/mol. The summed E-state index contributed by atoms with van der Waals surface area (Å²) in [6, 6.07) is 16.2. The van der Waals surface area contributed by atoms with Crippen molar-refractivity contribution >= 4 is 17.7 Å². The minimum atomic E-state index is -0.256. The number of hydrogen-bond acceptors (Lipinski definition) is 5. The number of ether oxygens (including phenoxy) is 1. The van der Waals surface area contributed by atoms with E-state index in [9.17, 15) is 14.4 Å². The van der Waals surface area contributed by atoms with Crippen molar-refractivity contribution in [2.24, 2.45) is 0 Å². The van der Waals surface area contributed by atoms with Gasteiger partial charge in [0.2, 0.25) is 0 Å². The van der Waals surface area contributed by atoms with Crippen molar-refractivity contribution in [3.05, 3.63) is 71.3 Å². The normalized spacial score (nSPS) is 11.5. The lowest BCUT2D eigenvalue weighted by Gasteiger charge is -2.14. The van der Waals surface area contributed by atoms with Crippen molar-refractivity contribution in [1.29, 1.82) is 0 Å². The van der Waals surface area contributed by atoms with Gasteiger partial charge in [0.1, 0.15) is 0 Å². The molecule has 0 aliphatic rings. The summed E-state index contributed by atoms with van der Waals surface area (Å²) in [5.41, 5.74) is 2.18. The molecule has 0 fully saturated rings. The van der Waals surface area contributed by atoms with E-state index in [-0.39, 0.29) is 30.2 Å². The Kier molecular flexibility index (Phi) is 8.37. The molecule has 0 bridgehead atoms. The van der Waals surface area contributed by atoms with E-state index >= 15 is 0 Å². The van der Waals surface area contributed by atoms with Crippen LogP contribution in [0, 0.1) is 0 Å². The molecule has 2 rings (SSSR count). The predicted octanol–water partition coefficient (Wildman–Crippen LogP) is 2.38. The maximum atomic E-state index is 12.3. The Bertz CT molecular complexity index is 788. The first kappa shape index (κ1) is 21.3. The number of nitrogens with one attached hydrogen (secondary N) is 2. The number of amides is 1. The van der Waals surface area contributed by atoms with Crippen molar-refractivity contribution in [3.8, 4) is 0 Å².